The van der Waals surface area contributed by atoms with Crippen LogP contribution in [0.2, 0.25) is 0 Å². The minimum atomic E-state index is -4.50. The molecule has 1 atom stereocenters. The number of hydrogen-bond acceptors (Lipinski definition) is 2. The molecule has 1 unspecified atom stereocenters. The van der Waals surface area contributed by atoms with Crippen molar-refractivity contribution in [3.8, 4) is 5.75 Å². The molecule has 0 aliphatic rings. The molecule has 0 fully saturated rings. The van der Waals surface area contributed by atoms with E-state index in [1.807, 2.05) is 0 Å². The van der Waals surface area contributed by atoms with Gasteiger partial charge in [0.1, 0.15) is 11.8 Å². The number of ether oxygens (including phenoxy) is 1. The van der Waals surface area contributed by atoms with Gasteiger partial charge in [-0.2, -0.15) is 13.2 Å². The highest BCUT2D eigenvalue weighted by atomic mass is 19.4. The summed E-state index contributed by atoms with van der Waals surface area (Å²) in [5, 5.41) is 1.16. The van der Waals surface area contributed by atoms with Gasteiger partial charge in [0.05, 0.1) is 7.11 Å². The Morgan fingerprint density at radius 3 is 2.39 bits per heavy atom. The van der Waals surface area contributed by atoms with E-state index in [4.69, 9.17) is 10.5 Å². The molecule has 96 valence electrons. The Balaban J connectivity index is 2.72. The van der Waals surface area contributed by atoms with Gasteiger partial charge >= 0.3 is 6.18 Å². The van der Waals surface area contributed by atoms with Crippen LogP contribution in [0.15, 0.2) is 36.4 Å². The zero-order valence-corrected chi connectivity index (χ0v) is 9.66. The second-order valence-corrected chi connectivity index (χ2v) is 3.92. The second-order valence-electron chi connectivity index (χ2n) is 3.92. The summed E-state index contributed by atoms with van der Waals surface area (Å²) in [4.78, 5) is 0. The van der Waals surface area contributed by atoms with Gasteiger partial charge in [0.25, 0.3) is 0 Å². The maximum atomic E-state index is 12.8. The van der Waals surface area contributed by atoms with Crippen LogP contribution < -0.4 is 10.5 Å². The van der Waals surface area contributed by atoms with Gasteiger partial charge in [-0.1, -0.05) is 30.3 Å². The lowest BCUT2D eigenvalue weighted by atomic mass is 9.97. The summed E-state index contributed by atoms with van der Waals surface area (Å²) < 4.78 is 43.4. The van der Waals surface area contributed by atoms with Crippen LogP contribution in [0.4, 0.5) is 13.2 Å². The third kappa shape index (κ3) is 2.13. The molecule has 0 amide bonds. The predicted molar refractivity (Wildman–Crippen MR) is 63.5 cm³/mol. The number of hydrogen-bond donors (Lipinski definition) is 1. The van der Waals surface area contributed by atoms with Crippen LogP contribution in [-0.2, 0) is 0 Å². The van der Waals surface area contributed by atoms with Gasteiger partial charge in [-0.15, -0.1) is 0 Å². The molecule has 5 heteroatoms. The largest absolute Gasteiger partial charge is 0.496 e. The van der Waals surface area contributed by atoms with E-state index in [0.29, 0.717) is 10.8 Å². The Kier molecular flexibility index (Phi) is 3.17. The SMILES string of the molecule is COc1ccc2ccccc2c1C(N)C(F)(F)F. The van der Waals surface area contributed by atoms with Crippen molar-refractivity contribution in [3.63, 3.8) is 0 Å². The van der Waals surface area contributed by atoms with Crippen LogP contribution in [0.3, 0.4) is 0 Å². The Labute approximate surface area is 102 Å². The number of nitrogens with two attached hydrogens (primary N) is 1. The normalized spacial score (nSPS) is 13.6. The summed E-state index contributed by atoms with van der Waals surface area (Å²) in [5.74, 6) is 0.151. The minimum absolute atomic E-state index is 0.0249. The van der Waals surface area contributed by atoms with E-state index in [0.717, 1.165) is 0 Å². The van der Waals surface area contributed by atoms with Crippen molar-refractivity contribution in [2.75, 3.05) is 7.11 Å². The Bertz CT molecular complexity index is 566. The second kappa shape index (κ2) is 4.49. The standard InChI is InChI=1S/C13H12F3NO/c1-18-10-7-6-8-4-2-3-5-9(8)11(10)12(17)13(14,15)16/h2-7,12H,17H2,1H3. The highest BCUT2D eigenvalue weighted by Crippen LogP contribution is 2.39. The first-order chi connectivity index (χ1) is 8.45. The monoisotopic (exact) mass is 255 g/mol. The molecule has 2 aromatic rings. The fourth-order valence-electron chi connectivity index (χ4n) is 1.94. The van der Waals surface area contributed by atoms with Crippen LogP contribution in [0.1, 0.15) is 11.6 Å². The summed E-state index contributed by atoms with van der Waals surface area (Å²) in [6, 6.07) is 7.94. The average molecular weight is 255 g/mol. The van der Waals surface area contributed by atoms with Crippen LogP contribution >= 0.6 is 0 Å². The summed E-state index contributed by atoms with van der Waals surface area (Å²) in [6.45, 7) is 0. The maximum Gasteiger partial charge on any atom is 0.407 e. The lowest BCUT2D eigenvalue weighted by Gasteiger charge is -2.20. The van der Waals surface area contributed by atoms with Gasteiger partial charge < -0.3 is 10.5 Å². The fraction of sp³-hybridized carbons (Fsp3) is 0.231. The lowest BCUT2D eigenvalue weighted by Crippen LogP contribution is -2.29. The molecule has 18 heavy (non-hydrogen) atoms. The van der Waals surface area contributed by atoms with Gasteiger partial charge in [-0.3, -0.25) is 0 Å². The number of halogens is 3. The summed E-state index contributed by atoms with van der Waals surface area (Å²) >= 11 is 0. The van der Waals surface area contributed by atoms with E-state index in [1.54, 1.807) is 30.3 Å². The van der Waals surface area contributed by atoms with E-state index >= 15 is 0 Å². The predicted octanol–water partition coefficient (Wildman–Crippen LogP) is 3.41. The van der Waals surface area contributed by atoms with Crippen molar-refractivity contribution >= 4 is 10.8 Å². The quantitative estimate of drug-likeness (QED) is 0.892. The van der Waals surface area contributed by atoms with Crippen LogP contribution in [0.5, 0.6) is 5.75 Å². The van der Waals surface area contributed by atoms with E-state index in [2.05, 4.69) is 0 Å². The van der Waals surface area contributed by atoms with E-state index in [1.165, 1.54) is 13.2 Å². The average Bonchev–Trinajstić information content (AvgIpc) is 2.35. The van der Waals surface area contributed by atoms with Crippen molar-refractivity contribution in [3.05, 3.63) is 42.0 Å². The Hall–Kier alpha value is -1.75. The van der Waals surface area contributed by atoms with Gasteiger partial charge in [-0.05, 0) is 16.8 Å². The molecule has 0 aliphatic heterocycles. The minimum Gasteiger partial charge on any atom is -0.496 e. The molecular weight excluding hydrogens is 243 g/mol. The summed E-state index contributed by atoms with van der Waals surface area (Å²) in [5.41, 5.74) is 5.28. The van der Waals surface area contributed by atoms with Crippen LogP contribution in [0, 0.1) is 0 Å². The molecule has 0 heterocycles. The third-order valence-electron chi connectivity index (χ3n) is 2.81. The molecule has 2 N–H and O–H groups in total. The summed E-state index contributed by atoms with van der Waals surface area (Å²) in [6.07, 6.45) is -4.50. The number of benzene rings is 2. The van der Waals surface area contributed by atoms with Crippen molar-refractivity contribution in [1.82, 2.24) is 0 Å². The van der Waals surface area contributed by atoms with Crippen molar-refractivity contribution in [2.45, 2.75) is 12.2 Å². The first kappa shape index (κ1) is 12.7. The smallest absolute Gasteiger partial charge is 0.407 e. The first-order valence-corrected chi connectivity index (χ1v) is 5.33. The molecule has 0 radical (unpaired) electrons. The van der Waals surface area contributed by atoms with E-state index in [-0.39, 0.29) is 11.3 Å². The first-order valence-electron chi connectivity index (χ1n) is 5.33. The zero-order valence-electron chi connectivity index (χ0n) is 9.66. The van der Waals surface area contributed by atoms with Crippen molar-refractivity contribution in [2.24, 2.45) is 5.73 Å². The third-order valence-corrected chi connectivity index (χ3v) is 2.81. The van der Waals surface area contributed by atoms with E-state index < -0.39 is 12.2 Å². The fourth-order valence-corrected chi connectivity index (χ4v) is 1.94. The van der Waals surface area contributed by atoms with Crippen molar-refractivity contribution < 1.29 is 17.9 Å². The number of alkyl halides is 3. The Morgan fingerprint density at radius 1 is 1.11 bits per heavy atom. The van der Waals surface area contributed by atoms with Crippen LogP contribution in [0.25, 0.3) is 10.8 Å². The topological polar surface area (TPSA) is 35.2 Å². The molecule has 2 aromatic carbocycles. The van der Waals surface area contributed by atoms with Gasteiger partial charge in [0, 0.05) is 5.56 Å². The molecule has 2 rings (SSSR count). The Morgan fingerprint density at radius 2 is 1.78 bits per heavy atom. The molecule has 0 aromatic heterocycles. The number of methoxy groups -OCH3 is 1. The molecular formula is C13H12F3NO. The summed E-state index contributed by atoms with van der Waals surface area (Å²) in [7, 11) is 1.33. The van der Waals surface area contributed by atoms with Crippen molar-refractivity contribution in [1.29, 1.82) is 0 Å². The molecule has 0 saturated carbocycles. The van der Waals surface area contributed by atoms with Gasteiger partial charge in [-0.25, -0.2) is 0 Å². The number of fused-ring (bicyclic) bond motifs is 1. The molecule has 2 nitrogen and oxygen atoms in total. The molecule has 0 bridgehead atoms. The molecule has 0 spiro atoms. The maximum absolute atomic E-state index is 12.8. The van der Waals surface area contributed by atoms with Crippen LogP contribution in [-0.4, -0.2) is 13.3 Å². The number of rotatable bonds is 2. The molecule has 0 saturated heterocycles. The molecule has 0 aliphatic carbocycles. The van der Waals surface area contributed by atoms with E-state index in [9.17, 15) is 13.2 Å². The highest BCUT2D eigenvalue weighted by Gasteiger charge is 2.40. The lowest BCUT2D eigenvalue weighted by molar-refractivity contribution is -0.149. The highest BCUT2D eigenvalue weighted by molar-refractivity contribution is 5.88. The van der Waals surface area contributed by atoms with Gasteiger partial charge in [0.2, 0.25) is 0 Å². The van der Waals surface area contributed by atoms with Gasteiger partial charge in [0.15, 0.2) is 0 Å². The zero-order chi connectivity index (χ0) is 13.3.